The van der Waals surface area contributed by atoms with Gasteiger partial charge in [0, 0.05) is 11.4 Å². The summed E-state index contributed by atoms with van der Waals surface area (Å²) in [4.78, 5) is 8.58. The maximum atomic E-state index is 5.42. The molecule has 0 spiro atoms. The van der Waals surface area contributed by atoms with Crippen LogP contribution in [0.5, 0.6) is 5.75 Å². The zero-order chi connectivity index (χ0) is 15.2. The number of hydrogen-bond donors (Lipinski definition) is 1. The molecule has 0 saturated heterocycles. The lowest BCUT2D eigenvalue weighted by molar-refractivity contribution is 0.340. The number of benzene rings is 1. The van der Waals surface area contributed by atoms with Gasteiger partial charge in [-0.3, -0.25) is 0 Å². The van der Waals surface area contributed by atoms with Crippen LogP contribution in [0.25, 0.3) is 0 Å². The molecule has 0 bridgehead atoms. The lowest BCUT2D eigenvalue weighted by Gasteiger charge is -2.06. The minimum atomic E-state index is 0.512. The zero-order valence-electron chi connectivity index (χ0n) is 12.8. The van der Waals surface area contributed by atoms with E-state index in [1.165, 1.54) is 0 Å². The van der Waals surface area contributed by atoms with Crippen LogP contribution in [0.4, 0.5) is 5.95 Å². The monoisotopic (exact) mass is 284 g/mol. The van der Waals surface area contributed by atoms with Crippen LogP contribution in [-0.4, -0.2) is 22.3 Å². The van der Waals surface area contributed by atoms with Gasteiger partial charge in [-0.15, -0.1) is 0 Å². The number of hydrogen-bond acceptors (Lipinski definition) is 5. The third kappa shape index (κ3) is 4.27. The van der Waals surface area contributed by atoms with Gasteiger partial charge in [0.15, 0.2) is 0 Å². The van der Waals surface area contributed by atoms with E-state index in [9.17, 15) is 0 Å². The van der Waals surface area contributed by atoms with Gasteiger partial charge in [-0.1, -0.05) is 0 Å². The highest BCUT2D eigenvalue weighted by molar-refractivity contribution is 5.99. The van der Waals surface area contributed by atoms with Crippen molar-refractivity contribution in [2.75, 3.05) is 12.0 Å². The van der Waals surface area contributed by atoms with Crippen LogP contribution in [0.15, 0.2) is 35.4 Å². The Balaban J connectivity index is 2.09. The summed E-state index contributed by atoms with van der Waals surface area (Å²) in [5.74, 6) is 1.37. The highest BCUT2D eigenvalue weighted by Gasteiger charge is 2.01. The van der Waals surface area contributed by atoms with Gasteiger partial charge < -0.3 is 4.74 Å². The molecule has 0 aliphatic heterocycles. The fraction of sp³-hybridized carbons (Fsp3) is 0.312. The largest absolute Gasteiger partial charge is 0.494 e. The molecule has 0 saturated carbocycles. The van der Waals surface area contributed by atoms with E-state index in [2.05, 4.69) is 20.5 Å². The molecule has 1 N–H and O–H groups in total. The zero-order valence-corrected chi connectivity index (χ0v) is 12.8. The van der Waals surface area contributed by atoms with E-state index in [0.717, 1.165) is 28.4 Å². The minimum Gasteiger partial charge on any atom is -0.494 e. The molecule has 5 heteroatoms. The molecule has 0 unspecified atom stereocenters. The highest BCUT2D eigenvalue weighted by atomic mass is 16.5. The number of anilines is 1. The number of ether oxygens (including phenoxy) is 1. The van der Waals surface area contributed by atoms with Crippen molar-refractivity contribution >= 4 is 11.7 Å². The van der Waals surface area contributed by atoms with Crippen molar-refractivity contribution in [1.29, 1.82) is 0 Å². The Morgan fingerprint density at radius 1 is 1.14 bits per heavy atom. The summed E-state index contributed by atoms with van der Waals surface area (Å²) in [7, 11) is 0. The third-order valence-corrected chi connectivity index (χ3v) is 2.89. The summed E-state index contributed by atoms with van der Waals surface area (Å²) in [6, 6.07) is 9.76. The first-order chi connectivity index (χ1) is 10.1. The number of aromatic nitrogens is 2. The molecule has 0 aliphatic carbocycles. The lowest BCUT2D eigenvalue weighted by atomic mass is 10.1. The highest BCUT2D eigenvalue weighted by Crippen LogP contribution is 2.13. The molecule has 0 amide bonds. The summed E-state index contributed by atoms with van der Waals surface area (Å²) in [5.41, 5.74) is 6.62. The summed E-state index contributed by atoms with van der Waals surface area (Å²) in [6.07, 6.45) is 0. The van der Waals surface area contributed by atoms with Gasteiger partial charge in [0.05, 0.1) is 12.3 Å². The topological polar surface area (TPSA) is 59.4 Å². The molecule has 0 aliphatic rings. The van der Waals surface area contributed by atoms with E-state index in [1.807, 2.05) is 58.0 Å². The van der Waals surface area contributed by atoms with E-state index in [0.29, 0.717) is 12.6 Å². The number of nitrogens with zero attached hydrogens (tertiary/aromatic N) is 3. The molecule has 1 heterocycles. The Kier molecular flexibility index (Phi) is 4.87. The van der Waals surface area contributed by atoms with Crippen LogP contribution >= 0.6 is 0 Å². The number of hydrazone groups is 1. The van der Waals surface area contributed by atoms with Crippen LogP contribution in [0.3, 0.4) is 0 Å². The van der Waals surface area contributed by atoms with E-state index >= 15 is 0 Å². The van der Waals surface area contributed by atoms with E-state index < -0.39 is 0 Å². The normalized spacial score (nSPS) is 11.3. The molecule has 0 atom stereocenters. The van der Waals surface area contributed by atoms with Crippen molar-refractivity contribution in [3.8, 4) is 5.75 Å². The predicted octanol–water partition coefficient (Wildman–Crippen LogP) is 3.33. The maximum absolute atomic E-state index is 5.42. The summed E-state index contributed by atoms with van der Waals surface area (Å²) in [6.45, 7) is 8.43. The average Bonchev–Trinajstić information content (AvgIpc) is 2.45. The van der Waals surface area contributed by atoms with Crippen LogP contribution in [0, 0.1) is 13.8 Å². The second-order valence-electron chi connectivity index (χ2n) is 4.74. The number of rotatable bonds is 5. The van der Waals surface area contributed by atoms with Crippen molar-refractivity contribution in [3.63, 3.8) is 0 Å². The molecule has 0 fully saturated rings. The van der Waals surface area contributed by atoms with E-state index in [4.69, 9.17) is 4.74 Å². The first-order valence-corrected chi connectivity index (χ1v) is 6.94. The molecule has 1 aromatic heterocycles. The minimum absolute atomic E-state index is 0.512. The number of aryl methyl sites for hydroxylation is 2. The fourth-order valence-electron chi connectivity index (χ4n) is 1.93. The Labute approximate surface area is 125 Å². The Morgan fingerprint density at radius 3 is 2.33 bits per heavy atom. The van der Waals surface area contributed by atoms with Crippen molar-refractivity contribution < 1.29 is 4.74 Å². The summed E-state index contributed by atoms with van der Waals surface area (Å²) >= 11 is 0. The first kappa shape index (κ1) is 15.0. The average molecular weight is 284 g/mol. The molecule has 2 rings (SSSR count). The Bertz CT molecular complexity index is 615. The van der Waals surface area contributed by atoms with Gasteiger partial charge in [-0.25, -0.2) is 15.4 Å². The Morgan fingerprint density at radius 2 is 1.76 bits per heavy atom. The van der Waals surface area contributed by atoms with E-state index in [-0.39, 0.29) is 0 Å². The fourth-order valence-corrected chi connectivity index (χ4v) is 1.93. The molecule has 2 aromatic rings. The smallest absolute Gasteiger partial charge is 0.243 e. The van der Waals surface area contributed by atoms with Crippen molar-refractivity contribution in [3.05, 3.63) is 47.3 Å². The molecule has 1 aromatic carbocycles. The molecular weight excluding hydrogens is 264 g/mol. The van der Waals surface area contributed by atoms with Crippen molar-refractivity contribution in [2.24, 2.45) is 5.10 Å². The van der Waals surface area contributed by atoms with Crippen LogP contribution < -0.4 is 10.2 Å². The summed E-state index contributed by atoms with van der Waals surface area (Å²) in [5, 5.41) is 4.32. The van der Waals surface area contributed by atoms with E-state index in [1.54, 1.807) is 0 Å². The van der Waals surface area contributed by atoms with Crippen LogP contribution in [0.1, 0.15) is 30.8 Å². The second-order valence-corrected chi connectivity index (χ2v) is 4.74. The summed E-state index contributed by atoms with van der Waals surface area (Å²) < 4.78 is 5.42. The molecular formula is C16H20N4O. The lowest BCUT2D eigenvalue weighted by Crippen LogP contribution is -2.04. The van der Waals surface area contributed by atoms with Gasteiger partial charge in [0.2, 0.25) is 5.95 Å². The maximum Gasteiger partial charge on any atom is 0.243 e. The van der Waals surface area contributed by atoms with Crippen LogP contribution in [0.2, 0.25) is 0 Å². The third-order valence-electron chi connectivity index (χ3n) is 2.89. The van der Waals surface area contributed by atoms with Crippen molar-refractivity contribution in [1.82, 2.24) is 9.97 Å². The predicted molar refractivity (Wildman–Crippen MR) is 85.0 cm³/mol. The first-order valence-electron chi connectivity index (χ1n) is 6.94. The van der Waals surface area contributed by atoms with Gasteiger partial charge >= 0.3 is 0 Å². The van der Waals surface area contributed by atoms with Gasteiger partial charge in [0.25, 0.3) is 0 Å². The van der Waals surface area contributed by atoms with Gasteiger partial charge in [0.1, 0.15) is 5.75 Å². The Hall–Kier alpha value is -2.43. The number of nitrogens with one attached hydrogen (secondary N) is 1. The molecule has 0 radical (unpaired) electrons. The molecule has 21 heavy (non-hydrogen) atoms. The van der Waals surface area contributed by atoms with Crippen molar-refractivity contribution in [2.45, 2.75) is 27.7 Å². The van der Waals surface area contributed by atoms with Gasteiger partial charge in [-0.05, 0) is 63.6 Å². The molecule has 110 valence electrons. The quantitative estimate of drug-likeness (QED) is 0.676. The van der Waals surface area contributed by atoms with Gasteiger partial charge in [-0.2, -0.15) is 5.10 Å². The van der Waals surface area contributed by atoms with Crippen LogP contribution in [-0.2, 0) is 0 Å². The molecule has 5 nitrogen and oxygen atoms in total. The second kappa shape index (κ2) is 6.83. The standard InChI is InChI=1S/C16H20N4O/c1-5-21-15-8-6-14(7-9-15)13(4)19-20-16-17-11(2)10-12(3)18-16/h6-10H,5H2,1-4H3,(H,17,18,20)/b19-13-. The SMILES string of the molecule is CCOc1ccc(/C(C)=N\Nc2nc(C)cc(C)n2)cc1.